The van der Waals surface area contributed by atoms with E-state index in [-0.39, 0.29) is 25.0 Å². The average molecular weight is 522 g/mol. The highest BCUT2D eigenvalue weighted by atomic mass is 19.1. The second-order valence-electron chi connectivity index (χ2n) is 10.2. The molecule has 2 rings (SSSR count). The van der Waals surface area contributed by atoms with E-state index >= 15 is 0 Å². The second kappa shape index (κ2) is 14.0. The fourth-order valence-electron chi connectivity index (χ4n) is 4.08. The molecule has 0 aromatic heterocycles. The number of benzene rings is 2. The number of hydrogen-bond donors (Lipinski definition) is 3. The summed E-state index contributed by atoms with van der Waals surface area (Å²) in [6, 6.07) is 11.5. The van der Waals surface area contributed by atoms with E-state index in [1.54, 1.807) is 27.7 Å². The molecule has 4 atom stereocenters. The minimum Gasteiger partial charge on any atom is -0.480 e. The van der Waals surface area contributed by atoms with Crippen LogP contribution in [-0.2, 0) is 27.3 Å². The van der Waals surface area contributed by atoms with Gasteiger partial charge in [-0.25, -0.2) is 18.4 Å². The molecule has 0 aliphatic heterocycles. The summed E-state index contributed by atoms with van der Waals surface area (Å²) < 4.78 is 39.1. The third-order valence-corrected chi connectivity index (χ3v) is 5.78. The van der Waals surface area contributed by atoms with Crippen LogP contribution in [0.4, 0.5) is 13.6 Å². The highest BCUT2D eigenvalue weighted by Crippen LogP contribution is 2.26. The van der Waals surface area contributed by atoms with Gasteiger partial charge in [-0.15, -0.1) is 0 Å². The van der Waals surface area contributed by atoms with Gasteiger partial charge in [-0.05, 0) is 70.1 Å². The van der Waals surface area contributed by atoms with Crippen LogP contribution in [0, 0.1) is 17.6 Å². The van der Waals surface area contributed by atoms with E-state index in [0.29, 0.717) is 12.8 Å². The molecule has 3 N–H and O–H groups in total. The summed E-state index contributed by atoms with van der Waals surface area (Å²) in [5.74, 6) is -3.02. The van der Waals surface area contributed by atoms with Crippen molar-refractivity contribution in [3.63, 3.8) is 0 Å². The number of nitrogens with one attached hydrogen (secondary N) is 1. The van der Waals surface area contributed by atoms with Gasteiger partial charge in [-0.2, -0.15) is 0 Å². The Morgan fingerprint density at radius 1 is 1.05 bits per heavy atom. The predicted molar refractivity (Wildman–Crippen MR) is 135 cm³/mol. The molecule has 2 aromatic rings. The van der Waals surface area contributed by atoms with E-state index in [9.17, 15) is 28.6 Å². The molecule has 0 bridgehead atoms. The Labute approximate surface area is 216 Å². The summed E-state index contributed by atoms with van der Waals surface area (Å²) in [5.41, 5.74) is 0.382. The summed E-state index contributed by atoms with van der Waals surface area (Å²) in [5, 5.41) is 22.5. The number of carboxylic acid groups (broad SMARTS) is 1. The Hall–Kier alpha value is -3.04. The number of aliphatic hydroxyl groups is 1. The van der Waals surface area contributed by atoms with Gasteiger partial charge in [0, 0.05) is 6.07 Å². The van der Waals surface area contributed by atoms with Gasteiger partial charge in [0.1, 0.15) is 23.3 Å². The number of carbonyl (C=O) groups excluding carboxylic acids is 1. The van der Waals surface area contributed by atoms with Gasteiger partial charge in [0.25, 0.3) is 0 Å². The molecule has 0 fully saturated rings. The van der Waals surface area contributed by atoms with Crippen LogP contribution >= 0.6 is 0 Å². The lowest BCUT2D eigenvalue weighted by Crippen LogP contribution is -2.43. The molecule has 2 aromatic carbocycles. The lowest BCUT2D eigenvalue weighted by molar-refractivity contribution is -0.139. The van der Waals surface area contributed by atoms with E-state index in [4.69, 9.17) is 9.47 Å². The van der Waals surface area contributed by atoms with Crippen LogP contribution in [0.15, 0.2) is 48.5 Å². The molecule has 0 radical (unpaired) electrons. The van der Waals surface area contributed by atoms with Crippen molar-refractivity contribution in [1.29, 1.82) is 0 Å². The monoisotopic (exact) mass is 521 g/mol. The van der Waals surface area contributed by atoms with Crippen molar-refractivity contribution >= 4 is 12.1 Å². The number of ether oxygens (including phenoxy) is 2. The van der Waals surface area contributed by atoms with Crippen LogP contribution in [0.3, 0.4) is 0 Å². The molecule has 0 aliphatic carbocycles. The van der Waals surface area contributed by atoms with E-state index in [1.807, 2.05) is 30.3 Å². The lowest BCUT2D eigenvalue weighted by Gasteiger charge is -2.30. The zero-order valence-electron chi connectivity index (χ0n) is 21.7. The number of aliphatic carboxylic acids is 1. The molecule has 0 spiro atoms. The molecule has 204 valence electrons. The Morgan fingerprint density at radius 3 is 2.30 bits per heavy atom. The van der Waals surface area contributed by atoms with Gasteiger partial charge in [0.15, 0.2) is 0 Å². The smallest absolute Gasteiger partial charge is 0.408 e. The number of carboxylic acids is 1. The minimum absolute atomic E-state index is 0.0855. The van der Waals surface area contributed by atoms with Crippen molar-refractivity contribution < 1.29 is 38.1 Å². The first-order valence-electron chi connectivity index (χ1n) is 12.4. The van der Waals surface area contributed by atoms with Crippen molar-refractivity contribution in [1.82, 2.24) is 5.32 Å². The van der Waals surface area contributed by atoms with Crippen molar-refractivity contribution in [3.8, 4) is 0 Å². The Bertz CT molecular complexity index is 1010. The maximum Gasteiger partial charge on any atom is 0.408 e. The zero-order valence-corrected chi connectivity index (χ0v) is 21.7. The molecule has 0 heterocycles. The number of hydrogen-bond acceptors (Lipinski definition) is 5. The average Bonchev–Trinajstić information content (AvgIpc) is 2.79. The minimum atomic E-state index is -1.21. The van der Waals surface area contributed by atoms with Crippen LogP contribution in [0.2, 0.25) is 0 Å². The Morgan fingerprint density at radius 2 is 1.73 bits per heavy atom. The molecule has 1 amide bonds. The summed E-state index contributed by atoms with van der Waals surface area (Å²) in [6.45, 7) is 6.82. The number of aliphatic hydroxyl groups excluding tert-OH is 1. The molecule has 7 nitrogen and oxygen atoms in total. The molecule has 0 aliphatic rings. The van der Waals surface area contributed by atoms with E-state index in [0.717, 1.165) is 11.6 Å². The first-order valence-corrected chi connectivity index (χ1v) is 12.4. The van der Waals surface area contributed by atoms with E-state index in [2.05, 4.69) is 5.32 Å². The Kier molecular flexibility index (Phi) is 11.5. The zero-order chi connectivity index (χ0) is 27.6. The van der Waals surface area contributed by atoms with Gasteiger partial charge in [-0.3, -0.25) is 0 Å². The molecule has 0 unspecified atom stereocenters. The largest absolute Gasteiger partial charge is 0.480 e. The maximum absolute atomic E-state index is 14.5. The van der Waals surface area contributed by atoms with Crippen LogP contribution in [0.25, 0.3) is 0 Å². The quantitative estimate of drug-likeness (QED) is 0.333. The maximum atomic E-state index is 14.5. The number of rotatable bonds is 13. The second-order valence-corrected chi connectivity index (χ2v) is 10.2. The highest BCUT2D eigenvalue weighted by Gasteiger charge is 2.29. The van der Waals surface area contributed by atoms with Crippen molar-refractivity contribution in [3.05, 3.63) is 71.3 Å². The van der Waals surface area contributed by atoms with Gasteiger partial charge in [0.05, 0.1) is 18.8 Å². The summed E-state index contributed by atoms with van der Waals surface area (Å²) in [7, 11) is 0. The van der Waals surface area contributed by atoms with E-state index in [1.165, 1.54) is 12.1 Å². The van der Waals surface area contributed by atoms with Crippen LogP contribution < -0.4 is 5.32 Å². The molecule has 37 heavy (non-hydrogen) atoms. The van der Waals surface area contributed by atoms with Crippen LogP contribution in [-0.4, -0.2) is 46.1 Å². The van der Waals surface area contributed by atoms with Crippen molar-refractivity contribution in [2.45, 2.75) is 83.8 Å². The van der Waals surface area contributed by atoms with Crippen LogP contribution in [0.5, 0.6) is 0 Å². The molecular weight excluding hydrogens is 484 g/mol. The summed E-state index contributed by atoms with van der Waals surface area (Å²) >= 11 is 0. The first-order chi connectivity index (χ1) is 17.4. The Balaban J connectivity index is 2.15. The third kappa shape index (κ3) is 10.9. The molecule has 9 heteroatoms. The number of halogens is 2. The number of alkyl carbamates (subject to hydrolysis) is 1. The molecule has 0 saturated carbocycles. The van der Waals surface area contributed by atoms with Gasteiger partial charge in [0.2, 0.25) is 0 Å². The molecular formula is C28H37F2NO6. The SMILES string of the molecule is C[C@H](O)[C@H](OCc1ccccc1)[C@H](CCC[C@H](NC(=O)OC(C)(C)C)C(=O)O)Cc1ccc(F)cc1F. The highest BCUT2D eigenvalue weighted by molar-refractivity contribution is 5.79. The van der Waals surface area contributed by atoms with Gasteiger partial charge >= 0.3 is 12.1 Å². The molecule has 0 saturated heterocycles. The van der Waals surface area contributed by atoms with Gasteiger partial charge < -0.3 is 25.0 Å². The fraction of sp³-hybridized carbons (Fsp3) is 0.500. The number of carbonyl (C=O) groups is 2. The van der Waals surface area contributed by atoms with Gasteiger partial charge in [-0.1, -0.05) is 42.8 Å². The number of amides is 1. The fourth-order valence-corrected chi connectivity index (χ4v) is 4.08. The van der Waals surface area contributed by atoms with E-state index < -0.39 is 53.5 Å². The van der Waals surface area contributed by atoms with Crippen molar-refractivity contribution in [2.75, 3.05) is 0 Å². The summed E-state index contributed by atoms with van der Waals surface area (Å²) in [4.78, 5) is 23.8. The normalized spacial score (nSPS) is 14.9. The van der Waals surface area contributed by atoms with Crippen molar-refractivity contribution in [2.24, 2.45) is 5.92 Å². The summed E-state index contributed by atoms with van der Waals surface area (Å²) in [6.07, 6.45) is -1.52. The lowest BCUT2D eigenvalue weighted by atomic mass is 9.86. The first kappa shape index (κ1) is 30.2. The van der Waals surface area contributed by atoms with Crippen LogP contribution in [0.1, 0.15) is 58.1 Å². The third-order valence-electron chi connectivity index (χ3n) is 5.78. The topological polar surface area (TPSA) is 105 Å². The predicted octanol–water partition coefficient (Wildman–Crippen LogP) is 5.24. The standard InChI is InChI=1S/C28H37F2NO6/c1-18(32)25(36-17-19-9-6-5-7-10-19)21(15-20-13-14-22(29)16-23(20)30)11-8-12-24(26(33)34)31-27(35)37-28(2,3)4/h5-7,9-10,13-14,16,18,21,24-25,32H,8,11-12,15,17H2,1-4H3,(H,31,35)(H,33,34)/t18-,21+,24-,25-/m0/s1.